The lowest BCUT2D eigenvalue weighted by molar-refractivity contribution is 0.168. The molecular formula is C14H31NO. The van der Waals surface area contributed by atoms with Crippen molar-refractivity contribution in [2.75, 3.05) is 0 Å². The van der Waals surface area contributed by atoms with Crippen molar-refractivity contribution in [3.05, 3.63) is 0 Å². The van der Waals surface area contributed by atoms with Gasteiger partial charge in [-0.1, -0.05) is 71.1 Å². The summed E-state index contributed by atoms with van der Waals surface area (Å²) in [5.74, 6) is 0. The van der Waals surface area contributed by atoms with Crippen LogP contribution in [0, 0.1) is 0 Å². The smallest absolute Gasteiger partial charge is 0.102 e. The number of nitrogens with two attached hydrogens (primary N) is 1. The lowest BCUT2D eigenvalue weighted by Gasteiger charge is -2.04. The van der Waals surface area contributed by atoms with Gasteiger partial charge in [-0.25, -0.2) is 0 Å². The van der Waals surface area contributed by atoms with E-state index in [1.807, 2.05) is 0 Å². The topological polar surface area (TPSA) is 46.2 Å². The van der Waals surface area contributed by atoms with Crippen LogP contribution in [0.3, 0.4) is 0 Å². The summed E-state index contributed by atoms with van der Waals surface area (Å²) in [6, 6.07) is 0. The molecule has 0 aromatic carbocycles. The molecule has 0 saturated carbocycles. The van der Waals surface area contributed by atoms with Crippen LogP contribution < -0.4 is 5.73 Å². The van der Waals surface area contributed by atoms with Crippen molar-refractivity contribution in [3.63, 3.8) is 0 Å². The highest BCUT2D eigenvalue weighted by atomic mass is 16.3. The van der Waals surface area contributed by atoms with E-state index in [1.165, 1.54) is 64.2 Å². The number of aliphatic hydroxyl groups excluding tert-OH is 1. The molecule has 1 unspecified atom stereocenters. The van der Waals surface area contributed by atoms with Gasteiger partial charge in [0.25, 0.3) is 0 Å². The van der Waals surface area contributed by atoms with Gasteiger partial charge in [0.1, 0.15) is 6.23 Å². The van der Waals surface area contributed by atoms with Crippen molar-refractivity contribution < 1.29 is 5.11 Å². The predicted octanol–water partition coefficient (Wildman–Crippen LogP) is 3.96. The van der Waals surface area contributed by atoms with Crippen molar-refractivity contribution >= 4 is 0 Å². The molecule has 0 aliphatic carbocycles. The van der Waals surface area contributed by atoms with Crippen LogP contribution in [-0.4, -0.2) is 11.3 Å². The van der Waals surface area contributed by atoms with Crippen LogP contribution >= 0.6 is 0 Å². The largest absolute Gasteiger partial charge is 0.379 e. The van der Waals surface area contributed by atoms with E-state index in [0.717, 1.165) is 12.8 Å². The van der Waals surface area contributed by atoms with Gasteiger partial charge in [-0.2, -0.15) is 0 Å². The van der Waals surface area contributed by atoms with Gasteiger partial charge >= 0.3 is 0 Å². The van der Waals surface area contributed by atoms with Crippen LogP contribution in [0.25, 0.3) is 0 Å². The third-order valence-corrected chi connectivity index (χ3v) is 3.10. The molecule has 2 nitrogen and oxygen atoms in total. The molecule has 1 atom stereocenters. The molecule has 0 aromatic heterocycles. The van der Waals surface area contributed by atoms with E-state index >= 15 is 0 Å². The first-order valence-corrected chi connectivity index (χ1v) is 7.21. The zero-order valence-corrected chi connectivity index (χ0v) is 11.1. The lowest BCUT2D eigenvalue weighted by atomic mass is 10.1. The Balaban J connectivity index is 2.88. The van der Waals surface area contributed by atoms with Crippen molar-refractivity contribution in [1.82, 2.24) is 0 Å². The van der Waals surface area contributed by atoms with Crippen LogP contribution in [0.4, 0.5) is 0 Å². The maximum Gasteiger partial charge on any atom is 0.102 e. The maximum atomic E-state index is 8.87. The van der Waals surface area contributed by atoms with Crippen LogP contribution in [0.5, 0.6) is 0 Å². The third-order valence-electron chi connectivity index (χ3n) is 3.10. The molecule has 0 bridgehead atoms. The molecule has 2 heteroatoms. The first-order chi connectivity index (χ1) is 7.77. The Morgan fingerprint density at radius 2 is 1.12 bits per heavy atom. The minimum atomic E-state index is -0.599. The summed E-state index contributed by atoms with van der Waals surface area (Å²) in [4.78, 5) is 0. The van der Waals surface area contributed by atoms with E-state index in [2.05, 4.69) is 6.92 Å². The molecule has 98 valence electrons. The molecule has 0 rings (SSSR count). The Kier molecular flexibility index (Phi) is 12.9. The molecular weight excluding hydrogens is 198 g/mol. The van der Waals surface area contributed by atoms with Gasteiger partial charge in [-0.05, 0) is 12.8 Å². The van der Waals surface area contributed by atoms with Gasteiger partial charge in [-0.15, -0.1) is 0 Å². The van der Waals surface area contributed by atoms with Crippen LogP contribution in [-0.2, 0) is 0 Å². The fourth-order valence-corrected chi connectivity index (χ4v) is 2.02. The molecule has 0 heterocycles. The second kappa shape index (κ2) is 13.0. The molecule has 0 aliphatic heterocycles. The molecule has 0 fully saturated rings. The predicted molar refractivity (Wildman–Crippen MR) is 71.3 cm³/mol. The Labute approximate surface area is 102 Å². The normalized spacial score (nSPS) is 12.9. The first kappa shape index (κ1) is 15.9. The van der Waals surface area contributed by atoms with E-state index in [9.17, 15) is 0 Å². The molecule has 3 N–H and O–H groups in total. The highest BCUT2D eigenvalue weighted by molar-refractivity contribution is 4.50. The zero-order valence-electron chi connectivity index (χ0n) is 11.1. The Bertz CT molecular complexity index is 126. The highest BCUT2D eigenvalue weighted by Crippen LogP contribution is 2.11. The van der Waals surface area contributed by atoms with E-state index < -0.39 is 6.23 Å². The van der Waals surface area contributed by atoms with Crippen LogP contribution in [0.1, 0.15) is 84.0 Å². The van der Waals surface area contributed by atoms with Gasteiger partial charge in [-0.3, -0.25) is 0 Å². The quantitative estimate of drug-likeness (QED) is 0.393. The summed E-state index contributed by atoms with van der Waals surface area (Å²) in [5, 5.41) is 8.87. The summed E-state index contributed by atoms with van der Waals surface area (Å²) in [7, 11) is 0. The second-order valence-electron chi connectivity index (χ2n) is 4.89. The molecule has 0 radical (unpaired) electrons. The summed E-state index contributed by atoms with van der Waals surface area (Å²) in [6.45, 7) is 2.26. The number of hydrogen-bond acceptors (Lipinski definition) is 2. The fraction of sp³-hybridized carbons (Fsp3) is 1.00. The van der Waals surface area contributed by atoms with Crippen molar-refractivity contribution in [2.24, 2.45) is 5.73 Å². The molecule has 0 spiro atoms. The SMILES string of the molecule is CCCCCCCCCCCCCC(N)O. The monoisotopic (exact) mass is 229 g/mol. The highest BCUT2D eigenvalue weighted by Gasteiger charge is 1.96. The van der Waals surface area contributed by atoms with E-state index in [1.54, 1.807) is 0 Å². The van der Waals surface area contributed by atoms with Gasteiger partial charge in [0.05, 0.1) is 0 Å². The molecule has 0 amide bonds. The standard InChI is InChI=1S/C14H31NO/c1-2-3-4-5-6-7-8-9-10-11-12-13-14(15)16/h14,16H,2-13,15H2,1H3. The number of hydrogen-bond donors (Lipinski definition) is 2. The zero-order chi connectivity index (χ0) is 12.1. The third kappa shape index (κ3) is 13.9. The van der Waals surface area contributed by atoms with Crippen LogP contribution in [0.15, 0.2) is 0 Å². The van der Waals surface area contributed by atoms with Gasteiger partial charge in [0.15, 0.2) is 0 Å². The molecule has 0 aromatic rings. The molecule has 16 heavy (non-hydrogen) atoms. The summed E-state index contributed by atoms with van der Waals surface area (Å²) in [5.41, 5.74) is 5.27. The number of aliphatic hydroxyl groups is 1. The van der Waals surface area contributed by atoms with Crippen LogP contribution in [0.2, 0.25) is 0 Å². The van der Waals surface area contributed by atoms with Crippen molar-refractivity contribution in [1.29, 1.82) is 0 Å². The van der Waals surface area contributed by atoms with Crippen molar-refractivity contribution in [3.8, 4) is 0 Å². The van der Waals surface area contributed by atoms with E-state index in [0.29, 0.717) is 0 Å². The summed E-state index contributed by atoms with van der Waals surface area (Å²) < 4.78 is 0. The number of unbranched alkanes of at least 4 members (excludes halogenated alkanes) is 10. The summed E-state index contributed by atoms with van der Waals surface area (Å²) >= 11 is 0. The number of rotatable bonds is 12. The Hall–Kier alpha value is -0.0800. The molecule has 0 aliphatic rings. The minimum Gasteiger partial charge on any atom is -0.379 e. The van der Waals surface area contributed by atoms with Gasteiger partial charge in [0.2, 0.25) is 0 Å². The average Bonchev–Trinajstić information content (AvgIpc) is 2.25. The average molecular weight is 229 g/mol. The Morgan fingerprint density at radius 3 is 1.50 bits per heavy atom. The maximum absolute atomic E-state index is 8.87. The summed E-state index contributed by atoms with van der Waals surface area (Å²) in [6.07, 6.45) is 14.9. The fourth-order valence-electron chi connectivity index (χ4n) is 2.02. The second-order valence-corrected chi connectivity index (χ2v) is 4.89. The first-order valence-electron chi connectivity index (χ1n) is 7.21. The van der Waals surface area contributed by atoms with Crippen molar-refractivity contribution in [2.45, 2.75) is 90.2 Å². The minimum absolute atomic E-state index is 0.599. The van der Waals surface area contributed by atoms with Gasteiger partial charge < -0.3 is 10.8 Å². The lowest BCUT2D eigenvalue weighted by Crippen LogP contribution is -2.17. The van der Waals surface area contributed by atoms with E-state index in [-0.39, 0.29) is 0 Å². The van der Waals surface area contributed by atoms with Gasteiger partial charge in [0, 0.05) is 0 Å². The van der Waals surface area contributed by atoms with E-state index in [4.69, 9.17) is 10.8 Å². The Morgan fingerprint density at radius 1 is 0.750 bits per heavy atom. The molecule has 0 saturated heterocycles.